The van der Waals surface area contributed by atoms with Crippen LogP contribution in [0.4, 0.5) is 0 Å². The summed E-state index contributed by atoms with van der Waals surface area (Å²) >= 11 is 14.5. The number of nitrogens with one attached hydrogen (secondary N) is 1. The first-order chi connectivity index (χ1) is 18.3. The lowest BCUT2D eigenvalue weighted by molar-refractivity contribution is -0.139. The fraction of sp³-hybridized carbons (Fsp3) is 0.333. The van der Waals surface area contributed by atoms with Crippen LogP contribution in [0.1, 0.15) is 37.0 Å². The summed E-state index contributed by atoms with van der Waals surface area (Å²) in [6, 6.07) is 22.0. The van der Waals surface area contributed by atoms with Crippen LogP contribution in [0.5, 0.6) is 5.75 Å². The minimum absolute atomic E-state index is 0.0222. The number of carbonyl (C=O) groups excluding carboxylic acids is 2. The van der Waals surface area contributed by atoms with Gasteiger partial charge in [-0.15, -0.1) is 11.8 Å². The normalized spacial score (nSPS) is 12.4. The van der Waals surface area contributed by atoms with E-state index in [1.54, 1.807) is 30.2 Å². The van der Waals surface area contributed by atoms with Crippen molar-refractivity contribution in [2.45, 2.75) is 51.1 Å². The Bertz CT molecular complexity index is 1170. The summed E-state index contributed by atoms with van der Waals surface area (Å²) in [7, 11) is 1.63. The molecule has 0 bridgehead atoms. The summed E-state index contributed by atoms with van der Waals surface area (Å²) in [5.74, 6) is 1.29. The molecular weight excluding hydrogens is 539 g/mol. The van der Waals surface area contributed by atoms with Crippen LogP contribution in [0.3, 0.4) is 0 Å². The molecular formula is C30H34Cl2N2O3S. The summed E-state index contributed by atoms with van der Waals surface area (Å²) < 4.78 is 5.23. The standard InChI is InChI=1S/C30H34Cl2N2O3S/c1-4-21(2)33-30(36)28(17-22-9-6-5-7-10-22)34(18-25-26(31)11-8-12-27(25)32)29(35)20-38-19-23-13-15-24(37-3)16-14-23/h5-16,21,28H,4,17-20H2,1-3H3,(H,33,36)/t21-,28+/m1/s1. The van der Waals surface area contributed by atoms with E-state index in [4.69, 9.17) is 27.9 Å². The molecule has 2 amide bonds. The average molecular weight is 574 g/mol. The van der Waals surface area contributed by atoms with Gasteiger partial charge < -0.3 is 15.0 Å². The van der Waals surface area contributed by atoms with E-state index < -0.39 is 6.04 Å². The van der Waals surface area contributed by atoms with E-state index in [-0.39, 0.29) is 30.2 Å². The molecule has 0 aliphatic heterocycles. The highest BCUT2D eigenvalue weighted by Crippen LogP contribution is 2.28. The first-order valence-corrected chi connectivity index (χ1v) is 14.5. The maximum absolute atomic E-state index is 13.8. The van der Waals surface area contributed by atoms with Crippen LogP contribution in [-0.4, -0.2) is 41.7 Å². The number of rotatable bonds is 13. The maximum Gasteiger partial charge on any atom is 0.243 e. The second-order valence-corrected chi connectivity index (χ2v) is 10.9. The molecule has 0 aromatic heterocycles. The number of methoxy groups -OCH3 is 1. The quantitative estimate of drug-likeness (QED) is 0.245. The summed E-state index contributed by atoms with van der Waals surface area (Å²) in [6.07, 6.45) is 1.16. The third kappa shape index (κ3) is 8.69. The van der Waals surface area contributed by atoms with E-state index in [1.165, 1.54) is 11.8 Å². The number of thioether (sulfide) groups is 1. The van der Waals surface area contributed by atoms with Crippen LogP contribution < -0.4 is 10.1 Å². The molecule has 0 saturated carbocycles. The number of benzene rings is 3. The van der Waals surface area contributed by atoms with E-state index in [0.717, 1.165) is 23.3 Å². The predicted molar refractivity (Wildman–Crippen MR) is 158 cm³/mol. The molecule has 0 aliphatic rings. The smallest absolute Gasteiger partial charge is 0.243 e. The van der Waals surface area contributed by atoms with Crippen LogP contribution >= 0.6 is 35.0 Å². The highest BCUT2D eigenvalue weighted by molar-refractivity contribution is 7.99. The fourth-order valence-electron chi connectivity index (χ4n) is 3.91. The van der Waals surface area contributed by atoms with Crippen molar-refractivity contribution in [2.75, 3.05) is 12.9 Å². The van der Waals surface area contributed by atoms with Crippen molar-refractivity contribution in [1.29, 1.82) is 0 Å². The zero-order valence-corrected chi connectivity index (χ0v) is 24.3. The molecule has 0 spiro atoms. The van der Waals surface area contributed by atoms with Crippen LogP contribution in [0, 0.1) is 0 Å². The number of hydrogen-bond donors (Lipinski definition) is 1. The van der Waals surface area contributed by atoms with Gasteiger partial charge in [0.1, 0.15) is 11.8 Å². The average Bonchev–Trinajstić information content (AvgIpc) is 2.92. The largest absolute Gasteiger partial charge is 0.497 e. The van der Waals surface area contributed by atoms with Crippen molar-refractivity contribution in [2.24, 2.45) is 0 Å². The zero-order chi connectivity index (χ0) is 27.5. The Morgan fingerprint density at radius 2 is 1.61 bits per heavy atom. The molecule has 202 valence electrons. The van der Waals surface area contributed by atoms with Gasteiger partial charge in [-0.05, 0) is 48.7 Å². The van der Waals surface area contributed by atoms with Crippen molar-refractivity contribution >= 4 is 46.8 Å². The van der Waals surface area contributed by atoms with Gasteiger partial charge in [0.05, 0.1) is 12.9 Å². The number of amides is 2. The Morgan fingerprint density at radius 3 is 2.21 bits per heavy atom. The molecule has 0 fully saturated rings. The lowest BCUT2D eigenvalue weighted by atomic mass is 10.0. The molecule has 3 aromatic carbocycles. The molecule has 5 nitrogen and oxygen atoms in total. The minimum Gasteiger partial charge on any atom is -0.497 e. The van der Waals surface area contributed by atoms with Crippen molar-refractivity contribution < 1.29 is 14.3 Å². The van der Waals surface area contributed by atoms with E-state index >= 15 is 0 Å². The van der Waals surface area contributed by atoms with E-state index in [9.17, 15) is 9.59 Å². The van der Waals surface area contributed by atoms with Gasteiger partial charge in [0.25, 0.3) is 0 Å². The Balaban J connectivity index is 1.88. The number of ether oxygens (including phenoxy) is 1. The maximum atomic E-state index is 13.8. The molecule has 2 atom stereocenters. The van der Waals surface area contributed by atoms with Gasteiger partial charge in [-0.25, -0.2) is 0 Å². The molecule has 0 unspecified atom stereocenters. The van der Waals surface area contributed by atoms with Gasteiger partial charge in [0.2, 0.25) is 11.8 Å². The summed E-state index contributed by atoms with van der Waals surface area (Å²) in [4.78, 5) is 29.0. The molecule has 3 rings (SSSR count). The summed E-state index contributed by atoms with van der Waals surface area (Å²) in [6.45, 7) is 4.10. The SMILES string of the molecule is CC[C@@H](C)NC(=O)[C@H](Cc1ccccc1)N(Cc1c(Cl)cccc1Cl)C(=O)CSCc1ccc(OC)cc1. The van der Waals surface area contributed by atoms with Crippen LogP contribution in [0.15, 0.2) is 72.8 Å². The molecule has 0 heterocycles. The predicted octanol–water partition coefficient (Wildman–Crippen LogP) is 6.79. The molecule has 0 radical (unpaired) electrons. The van der Waals surface area contributed by atoms with Crippen molar-refractivity contribution in [1.82, 2.24) is 10.2 Å². The Labute approximate surface area is 239 Å². The Hall–Kier alpha value is -2.67. The van der Waals surface area contributed by atoms with Crippen molar-refractivity contribution in [3.05, 3.63) is 99.5 Å². The number of halogens is 2. The lowest BCUT2D eigenvalue weighted by Crippen LogP contribution is -2.52. The van der Waals surface area contributed by atoms with Gasteiger partial charge in [-0.1, -0.05) is 78.7 Å². The minimum atomic E-state index is -0.729. The van der Waals surface area contributed by atoms with Gasteiger partial charge in [0.15, 0.2) is 0 Å². The van der Waals surface area contributed by atoms with E-state index in [0.29, 0.717) is 27.8 Å². The second kappa shape index (κ2) is 15.1. The van der Waals surface area contributed by atoms with E-state index in [1.807, 2.05) is 68.4 Å². The topological polar surface area (TPSA) is 58.6 Å². The number of nitrogens with zero attached hydrogens (tertiary/aromatic N) is 1. The molecule has 0 aliphatic carbocycles. The van der Waals surface area contributed by atoms with Gasteiger partial charge in [-0.3, -0.25) is 9.59 Å². The first-order valence-electron chi connectivity index (χ1n) is 12.6. The van der Waals surface area contributed by atoms with Gasteiger partial charge >= 0.3 is 0 Å². The van der Waals surface area contributed by atoms with Gasteiger partial charge in [0, 0.05) is 40.4 Å². The Morgan fingerprint density at radius 1 is 0.947 bits per heavy atom. The van der Waals surface area contributed by atoms with E-state index in [2.05, 4.69) is 5.32 Å². The van der Waals surface area contributed by atoms with Gasteiger partial charge in [-0.2, -0.15) is 0 Å². The van der Waals surface area contributed by atoms with Crippen molar-refractivity contribution in [3.8, 4) is 5.75 Å². The van der Waals surface area contributed by atoms with Crippen LogP contribution in [-0.2, 0) is 28.3 Å². The monoisotopic (exact) mass is 572 g/mol. The fourth-order valence-corrected chi connectivity index (χ4v) is 5.30. The van der Waals surface area contributed by atoms with Crippen LogP contribution in [0.2, 0.25) is 10.0 Å². The first kappa shape index (κ1) is 29.9. The lowest BCUT2D eigenvalue weighted by Gasteiger charge is -2.32. The van der Waals surface area contributed by atoms with Crippen molar-refractivity contribution in [3.63, 3.8) is 0 Å². The molecule has 38 heavy (non-hydrogen) atoms. The highest BCUT2D eigenvalue weighted by atomic mass is 35.5. The Kier molecular flexibility index (Phi) is 11.8. The summed E-state index contributed by atoms with van der Waals surface area (Å²) in [5.41, 5.74) is 2.67. The number of hydrogen-bond acceptors (Lipinski definition) is 4. The third-order valence-electron chi connectivity index (χ3n) is 6.32. The third-order valence-corrected chi connectivity index (χ3v) is 8.01. The number of carbonyl (C=O) groups is 2. The van der Waals surface area contributed by atoms with Crippen LogP contribution in [0.25, 0.3) is 0 Å². The zero-order valence-electron chi connectivity index (χ0n) is 22.0. The molecule has 1 N–H and O–H groups in total. The highest BCUT2D eigenvalue weighted by Gasteiger charge is 2.31. The molecule has 8 heteroatoms. The molecule has 3 aromatic rings. The second-order valence-electron chi connectivity index (χ2n) is 9.09. The summed E-state index contributed by atoms with van der Waals surface area (Å²) in [5, 5.41) is 4.00. The molecule has 0 saturated heterocycles.